The van der Waals surface area contributed by atoms with E-state index in [9.17, 15) is 9.18 Å². The van der Waals surface area contributed by atoms with Crippen LogP contribution >= 0.6 is 0 Å². The summed E-state index contributed by atoms with van der Waals surface area (Å²) in [4.78, 5) is 15.8. The number of nitrogens with one attached hydrogen (secondary N) is 1. The summed E-state index contributed by atoms with van der Waals surface area (Å²) in [5, 5.41) is 14.3. The third kappa shape index (κ3) is 12.8. The molecule has 226 valence electrons. The van der Waals surface area contributed by atoms with Gasteiger partial charge in [-0.1, -0.05) is 86.9 Å². The van der Waals surface area contributed by atoms with Crippen molar-refractivity contribution in [1.29, 1.82) is 5.26 Å². The summed E-state index contributed by atoms with van der Waals surface area (Å²) in [6.07, 6.45) is 10.5. The number of benzene rings is 2. The average molecular weight is 564 g/mol. The molecule has 2 aromatic rings. The molecule has 3 rings (SSSR count). The zero-order valence-electron chi connectivity index (χ0n) is 26.2. The summed E-state index contributed by atoms with van der Waals surface area (Å²) >= 11 is 0. The molecular weight excluding hydrogens is 509 g/mol. The van der Waals surface area contributed by atoms with Gasteiger partial charge in [-0.05, 0) is 96.6 Å². The van der Waals surface area contributed by atoms with Gasteiger partial charge in [-0.25, -0.2) is 4.39 Å². The molecule has 0 spiro atoms. The smallest absolute Gasteiger partial charge is 0.146 e. The van der Waals surface area contributed by atoms with Gasteiger partial charge in [0.25, 0.3) is 0 Å². The predicted octanol–water partition coefficient (Wildman–Crippen LogP) is 8.44. The topological polar surface area (TPSA) is 65.2 Å². The fourth-order valence-corrected chi connectivity index (χ4v) is 4.21. The van der Waals surface area contributed by atoms with Crippen molar-refractivity contribution in [3.05, 3.63) is 81.1 Å². The average Bonchev–Trinajstić information content (AvgIpc) is 3.48. The molecule has 0 fully saturated rings. The van der Waals surface area contributed by atoms with E-state index in [2.05, 4.69) is 43.3 Å². The Morgan fingerprint density at radius 3 is 2.15 bits per heavy atom. The van der Waals surface area contributed by atoms with Crippen molar-refractivity contribution in [2.75, 3.05) is 13.6 Å². The third-order valence-corrected chi connectivity index (χ3v) is 6.41. The molecule has 0 unspecified atom stereocenters. The number of fused-ring (bicyclic) bond motifs is 1. The first-order chi connectivity index (χ1) is 19.4. The second-order valence-corrected chi connectivity index (χ2v) is 8.92. The molecule has 1 aliphatic heterocycles. The molecule has 0 aliphatic carbocycles. The van der Waals surface area contributed by atoms with Crippen LogP contribution in [0.3, 0.4) is 0 Å². The minimum atomic E-state index is -0.570. The maximum atomic E-state index is 14.2. The molecule has 2 aromatic carbocycles. The Labute approximate surface area is 249 Å². The summed E-state index contributed by atoms with van der Waals surface area (Å²) < 4.78 is 14.2. The fraction of sp³-hybridized carbons (Fsp3) is 0.472. The summed E-state index contributed by atoms with van der Waals surface area (Å²) in [5.74, 6) is -0.570. The van der Waals surface area contributed by atoms with Gasteiger partial charge in [-0.15, -0.1) is 0 Å². The van der Waals surface area contributed by atoms with Crippen LogP contribution in [0.25, 0.3) is 17.2 Å². The molecule has 1 N–H and O–H groups in total. The van der Waals surface area contributed by atoms with E-state index >= 15 is 0 Å². The maximum Gasteiger partial charge on any atom is 0.146 e. The van der Waals surface area contributed by atoms with Crippen molar-refractivity contribution in [2.24, 2.45) is 4.99 Å². The van der Waals surface area contributed by atoms with E-state index in [1.54, 1.807) is 12.1 Å². The van der Waals surface area contributed by atoms with Crippen molar-refractivity contribution < 1.29 is 9.18 Å². The van der Waals surface area contributed by atoms with Crippen molar-refractivity contribution in [1.82, 2.24) is 5.32 Å². The van der Waals surface area contributed by atoms with Gasteiger partial charge in [-0.2, -0.15) is 5.26 Å². The lowest BCUT2D eigenvalue weighted by Crippen LogP contribution is -2.24. The zero-order chi connectivity index (χ0) is 30.5. The molecule has 0 radical (unpaired) electrons. The Balaban J connectivity index is 0. The number of nitriles is 1. The summed E-state index contributed by atoms with van der Waals surface area (Å²) in [5.41, 5.74) is 3.93. The lowest BCUT2D eigenvalue weighted by atomic mass is 9.92. The van der Waals surface area contributed by atoms with Gasteiger partial charge in [0.1, 0.15) is 18.2 Å². The number of aldehydes is 1. The quantitative estimate of drug-likeness (QED) is 0.136. The summed E-state index contributed by atoms with van der Waals surface area (Å²) in [6.45, 7) is 17.0. The Hall–Kier alpha value is -3.36. The molecule has 41 heavy (non-hydrogen) atoms. The van der Waals surface area contributed by atoms with Crippen molar-refractivity contribution >= 4 is 23.5 Å². The van der Waals surface area contributed by atoms with Crippen LogP contribution in [-0.4, -0.2) is 25.9 Å². The van der Waals surface area contributed by atoms with Gasteiger partial charge >= 0.3 is 0 Å². The van der Waals surface area contributed by atoms with Crippen LogP contribution in [0.2, 0.25) is 0 Å². The van der Waals surface area contributed by atoms with Gasteiger partial charge < -0.3 is 5.32 Å². The van der Waals surface area contributed by atoms with Crippen molar-refractivity contribution in [3.63, 3.8) is 0 Å². The van der Waals surface area contributed by atoms with E-state index in [4.69, 9.17) is 5.26 Å². The largest absolute Gasteiger partial charge is 0.317 e. The molecule has 1 heterocycles. The molecule has 0 saturated carbocycles. The minimum absolute atomic E-state index is 0. The predicted molar refractivity (Wildman–Crippen MR) is 177 cm³/mol. The van der Waals surface area contributed by atoms with Gasteiger partial charge in [-0.3, -0.25) is 9.79 Å². The molecule has 0 saturated heterocycles. The number of halogens is 1. The summed E-state index contributed by atoms with van der Waals surface area (Å²) in [6, 6.07) is 13.1. The number of allylic oxidation sites excluding steroid dienone is 4. The number of hydrogen-bond acceptors (Lipinski definition) is 4. The standard InChI is InChI=1S/C23H19FN2O.C8H19N.2C2H6.CH4/c1-3-16(14-27)10-21(18-4-5-20(13-25)22(24)12-18)15(2)17-6-7-23-19(11-17)8-9-26-23;1-4-6-8(9-3)7-5-2;2*1-2;/h4-8,10-12,14H,3,9H2,1-2H3;8-9H,4-7H2,1-3H3;2*1-2H3;1H4/b16-10+,21-15-;;;;. The maximum absolute atomic E-state index is 14.2. The van der Waals surface area contributed by atoms with E-state index in [1.807, 2.05) is 59.7 Å². The van der Waals surface area contributed by atoms with E-state index < -0.39 is 5.82 Å². The van der Waals surface area contributed by atoms with Crippen LogP contribution in [0.5, 0.6) is 0 Å². The van der Waals surface area contributed by atoms with Crippen LogP contribution in [0.4, 0.5) is 4.39 Å². The second kappa shape index (κ2) is 23.4. The van der Waals surface area contributed by atoms with Crippen LogP contribution in [0.1, 0.15) is 112 Å². The zero-order valence-corrected chi connectivity index (χ0v) is 26.2. The first-order valence-corrected chi connectivity index (χ1v) is 14.8. The van der Waals surface area contributed by atoms with E-state index in [-0.39, 0.29) is 13.0 Å². The first-order valence-electron chi connectivity index (χ1n) is 14.8. The Morgan fingerprint density at radius 2 is 1.66 bits per heavy atom. The van der Waals surface area contributed by atoms with Gasteiger partial charge in [0.15, 0.2) is 0 Å². The lowest BCUT2D eigenvalue weighted by molar-refractivity contribution is -0.105. The molecular formula is C36H54FN3O. The lowest BCUT2D eigenvalue weighted by Gasteiger charge is -2.12. The Bertz CT molecular complexity index is 1260. The highest BCUT2D eigenvalue weighted by Crippen LogP contribution is 2.29. The van der Waals surface area contributed by atoms with Crippen molar-refractivity contribution in [2.45, 2.75) is 101 Å². The highest BCUT2D eigenvalue weighted by molar-refractivity contribution is 5.97. The second-order valence-electron chi connectivity index (χ2n) is 8.92. The minimum Gasteiger partial charge on any atom is -0.317 e. The highest BCUT2D eigenvalue weighted by Gasteiger charge is 2.11. The number of hydrogen-bond donors (Lipinski definition) is 1. The molecule has 0 bridgehead atoms. The number of carbonyl (C=O) groups excluding carboxylic acids is 1. The van der Waals surface area contributed by atoms with Crippen LogP contribution in [0, 0.1) is 17.1 Å². The van der Waals surface area contributed by atoms with E-state index in [0.717, 1.165) is 39.6 Å². The normalized spacial score (nSPS) is 11.7. The SMILES string of the molecule is C.CC.CC.CC/C(C=O)=C\C(=C(/C)c1ccc2c(c1)=CCN=2)c1ccc(C#N)c(F)c1.CCCC(CCC)NC. The van der Waals surface area contributed by atoms with E-state index in [1.165, 1.54) is 37.8 Å². The molecule has 4 nitrogen and oxygen atoms in total. The molecule has 5 heteroatoms. The van der Waals surface area contributed by atoms with Crippen LogP contribution < -0.4 is 15.9 Å². The molecule has 0 atom stereocenters. The fourth-order valence-electron chi connectivity index (χ4n) is 4.21. The number of nitrogens with zero attached hydrogens (tertiary/aromatic N) is 2. The highest BCUT2D eigenvalue weighted by atomic mass is 19.1. The van der Waals surface area contributed by atoms with Crippen LogP contribution in [-0.2, 0) is 4.79 Å². The van der Waals surface area contributed by atoms with Crippen molar-refractivity contribution in [3.8, 4) is 6.07 Å². The van der Waals surface area contributed by atoms with Gasteiger partial charge in [0.05, 0.1) is 17.5 Å². The summed E-state index contributed by atoms with van der Waals surface area (Å²) in [7, 11) is 2.05. The molecule has 1 aliphatic rings. The monoisotopic (exact) mass is 563 g/mol. The molecule has 0 amide bonds. The molecule has 0 aromatic heterocycles. The Kier molecular flexibility index (Phi) is 22.7. The third-order valence-electron chi connectivity index (χ3n) is 6.41. The van der Waals surface area contributed by atoms with Gasteiger partial charge in [0, 0.05) is 6.04 Å². The number of rotatable bonds is 10. The van der Waals surface area contributed by atoms with Crippen LogP contribution in [0.15, 0.2) is 53.0 Å². The Morgan fingerprint density at radius 1 is 1.05 bits per heavy atom. The number of carbonyl (C=O) groups is 1. The first kappa shape index (κ1) is 39.8. The van der Waals surface area contributed by atoms with Gasteiger partial charge in [0.2, 0.25) is 0 Å². The van der Waals surface area contributed by atoms with E-state index in [0.29, 0.717) is 24.1 Å².